The number of benzene rings is 2. The highest BCUT2D eigenvalue weighted by Gasteiger charge is 2.22. The molecule has 0 atom stereocenters. The van der Waals surface area contributed by atoms with E-state index in [4.69, 9.17) is 5.11 Å². The van der Waals surface area contributed by atoms with E-state index in [1.807, 2.05) is 53.4 Å². The van der Waals surface area contributed by atoms with Crippen molar-refractivity contribution in [2.24, 2.45) is 0 Å². The van der Waals surface area contributed by atoms with Crippen LogP contribution in [-0.2, 0) is 0 Å². The fourth-order valence-electron chi connectivity index (χ4n) is 3.36. The van der Waals surface area contributed by atoms with Crippen LogP contribution in [0.1, 0.15) is 27.6 Å². The van der Waals surface area contributed by atoms with E-state index < -0.39 is 0 Å². The predicted octanol–water partition coefficient (Wildman–Crippen LogP) is 2.31. The SMILES string of the molecule is CC(=O)c1ccccc1-c1cccc(C(=O)N2CCN(CCO)CC2)c1. The average Bonchev–Trinajstić information content (AvgIpc) is 2.68. The number of piperazine rings is 1. The van der Waals surface area contributed by atoms with Crippen molar-refractivity contribution in [3.8, 4) is 11.1 Å². The molecule has 0 saturated carbocycles. The number of ketones is 1. The summed E-state index contributed by atoms with van der Waals surface area (Å²) >= 11 is 0. The van der Waals surface area contributed by atoms with Gasteiger partial charge in [0.05, 0.1) is 6.61 Å². The zero-order chi connectivity index (χ0) is 18.5. The van der Waals surface area contributed by atoms with E-state index in [1.165, 1.54) is 0 Å². The monoisotopic (exact) mass is 352 g/mol. The number of nitrogens with zero attached hydrogens (tertiary/aromatic N) is 2. The smallest absolute Gasteiger partial charge is 0.253 e. The van der Waals surface area contributed by atoms with E-state index in [0.717, 1.165) is 24.2 Å². The van der Waals surface area contributed by atoms with Gasteiger partial charge in [0, 0.05) is 43.9 Å². The van der Waals surface area contributed by atoms with Gasteiger partial charge in [0.2, 0.25) is 0 Å². The Hall–Kier alpha value is -2.50. The second kappa shape index (κ2) is 8.25. The Morgan fingerprint density at radius 2 is 1.73 bits per heavy atom. The molecular weight excluding hydrogens is 328 g/mol. The minimum absolute atomic E-state index is 0.0100. The second-order valence-corrected chi connectivity index (χ2v) is 6.54. The van der Waals surface area contributed by atoms with Crippen LogP contribution in [0.5, 0.6) is 0 Å². The second-order valence-electron chi connectivity index (χ2n) is 6.54. The highest BCUT2D eigenvalue weighted by Crippen LogP contribution is 2.25. The number of carbonyl (C=O) groups is 2. The third-order valence-electron chi connectivity index (χ3n) is 4.80. The van der Waals surface area contributed by atoms with Gasteiger partial charge in [-0.1, -0.05) is 36.4 Å². The minimum Gasteiger partial charge on any atom is -0.395 e. The molecule has 0 aromatic heterocycles. The fourth-order valence-corrected chi connectivity index (χ4v) is 3.36. The lowest BCUT2D eigenvalue weighted by atomic mass is 9.96. The molecule has 26 heavy (non-hydrogen) atoms. The molecule has 0 spiro atoms. The number of carbonyl (C=O) groups excluding carboxylic acids is 2. The third kappa shape index (κ3) is 4.00. The first-order chi connectivity index (χ1) is 12.6. The van der Waals surface area contributed by atoms with Crippen LogP contribution in [0.15, 0.2) is 48.5 Å². The topological polar surface area (TPSA) is 60.9 Å². The Morgan fingerprint density at radius 1 is 1.00 bits per heavy atom. The number of aliphatic hydroxyl groups is 1. The molecule has 1 amide bonds. The first kappa shape index (κ1) is 18.3. The van der Waals surface area contributed by atoms with Crippen molar-refractivity contribution in [3.63, 3.8) is 0 Å². The molecule has 1 N–H and O–H groups in total. The summed E-state index contributed by atoms with van der Waals surface area (Å²) < 4.78 is 0. The number of amides is 1. The van der Waals surface area contributed by atoms with Crippen LogP contribution in [0, 0.1) is 0 Å². The molecule has 1 aliphatic heterocycles. The van der Waals surface area contributed by atoms with E-state index in [9.17, 15) is 9.59 Å². The summed E-state index contributed by atoms with van der Waals surface area (Å²) in [6.07, 6.45) is 0. The molecule has 1 heterocycles. The fraction of sp³-hybridized carbons (Fsp3) is 0.333. The van der Waals surface area contributed by atoms with Gasteiger partial charge in [0.15, 0.2) is 5.78 Å². The van der Waals surface area contributed by atoms with E-state index in [2.05, 4.69) is 4.90 Å². The molecular formula is C21H24N2O3. The number of Topliss-reactive ketones (excluding diaryl/α,β-unsaturated/α-hetero) is 1. The molecule has 3 rings (SSSR count). The average molecular weight is 352 g/mol. The summed E-state index contributed by atoms with van der Waals surface area (Å²) in [5.41, 5.74) is 3.02. The van der Waals surface area contributed by atoms with Crippen LogP contribution < -0.4 is 0 Å². The number of β-amino-alcohol motifs (C(OH)–C–C–N with tert-alkyl or cyclic N) is 1. The number of hydrogen-bond donors (Lipinski definition) is 1. The van der Waals surface area contributed by atoms with Gasteiger partial charge >= 0.3 is 0 Å². The summed E-state index contributed by atoms with van der Waals surface area (Å²) in [7, 11) is 0. The standard InChI is InChI=1S/C21H24N2O3/c1-16(25)19-7-2-3-8-20(19)17-5-4-6-18(15-17)21(26)23-11-9-22(10-12-23)13-14-24/h2-8,15,24H,9-14H2,1H3. The van der Waals surface area contributed by atoms with E-state index in [-0.39, 0.29) is 18.3 Å². The maximum absolute atomic E-state index is 12.9. The highest BCUT2D eigenvalue weighted by atomic mass is 16.3. The van der Waals surface area contributed by atoms with Gasteiger partial charge in [-0.25, -0.2) is 0 Å². The molecule has 2 aromatic carbocycles. The van der Waals surface area contributed by atoms with Crippen LogP contribution in [0.4, 0.5) is 0 Å². The molecule has 136 valence electrons. The lowest BCUT2D eigenvalue weighted by Gasteiger charge is -2.34. The van der Waals surface area contributed by atoms with Gasteiger partial charge in [-0.2, -0.15) is 0 Å². The summed E-state index contributed by atoms with van der Waals surface area (Å²) in [5, 5.41) is 9.03. The lowest BCUT2D eigenvalue weighted by molar-refractivity contribution is 0.0615. The summed E-state index contributed by atoms with van der Waals surface area (Å²) in [6, 6.07) is 14.9. The van der Waals surface area contributed by atoms with E-state index in [1.54, 1.807) is 6.92 Å². The maximum Gasteiger partial charge on any atom is 0.253 e. The Balaban J connectivity index is 1.80. The lowest BCUT2D eigenvalue weighted by Crippen LogP contribution is -2.49. The summed E-state index contributed by atoms with van der Waals surface area (Å²) in [5.74, 6) is 0.0214. The normalized spacial score (nSPS) is 15.1. The minimum atomic E-state index is 0.0100. The van der Waals surface area contributed by atoms with Crippen molar-refractivity contribution in [1.82, 2.24) is 9.80 Å². The third-order valence-corrected chi connectivity index (χ3v) is 4.80. The summed E-state index contributed by atoms with van der Waals surface area (Å²) in [6.45, 7) is 5.23. The maximum atomic E-state index is 12.9. The Labute approximate surface area is 153 Å². The molecule has 0 radical (unpaired) electrons. The number of aliphatic hydroxyl groups excluding tert-OH is 1. The molecule has 5 heteroatoms. The number of hydrogen-bond acceptors (Lipinski definition) is 4. The largest absolute Gasteiger partial charge is 0.395 e. The first-order valence-electron chi connectivity index (χ1n) is 8.93. The van der Waals surface area contributed by atoms with Crippen molar-refractivity contribution in [2.45, 2.75) is 6.92 Å². The Kier molecular flexibility index (Phi) is 5.81. The van der Waals surface area contributed by atoms with E-state index >= 15 is 0 Å². The summed E-state index contributed by atoms with van der Waals surface area (Å²) in [4.78, 5) is 28.8. The zero-order valence-corrected chi connectivity index (χ0v) is 15.0. The highest BCUT2D eigenvalue weighted by molar-refractivity contribution is 6.02. The van der Waals surface area contributed by atoms with Gasteiger partial charge in [-0.05, 0) is 30.2 Å². The van der Waals surface area contributed by atoms with Crippen LogP contribution in [0.25, 0.3) is 11.1 Å². The molecule has 2 aromatic rings. The van der Waals surface area contributed by atoms with Crippen LogP contribution in [0.2, 0.25) is 0 Å². The molecule has 5 nitrogen and oxygen atoms in total. The van der Waals surface area contributed by atoms with Crippen LogP contribution in [0.3, 0.4) is 0 Å². The van der Waals surface area contributed by atoms with Crippen molar-refractivity contribution < 1.29 is 14.7 Å². The van der Waals surface area contributed by atoms with Crippen LogP contribution in [-0.4, -0.2) is 65.9 Å². The molecule has 0 aliphatic carbocycles. The predicted molar refractivity (Wildman–Crippen MR) is 101 cm³/mol. The number of rotatable bonds is 5. The van der Waals surface area contributed by atoms with Gasteiger partial charge in [-0.15, -0.1) is 0 Å². The van der Waals surface area contributed by atoms with Gasteiger partial charge < -0.3 is 10.0 Å². The van der Waals surface area contributed by atoms with Crippen molar-refractivity contribution in [3.05, 3.63) is 59.7 Å². The zero-order valence-electron chi connectivity index (χ0n) is 15.0. The van der Waals surface area contributed by atoms with Gasteiger partial charge in [-0.3, -0.25) is 14.5 Å². The Morgan fingerprint density at radius 3 is 2.42 bits per heavy atom. The molecule has 0 bridgehead atoms. The molecule has 0 unspecified atom stereocenters. The van der Waals surface area contributed by atoms with Gasteiger partial charge in [0.25, 0.3) is 5.91 Å². The van der Waals surface area contributed by atoms with Crippen LogP contribution >= 0.6 is 0 Å². The van der Waals surface area contributed by atoms with Crippen molar-refractivity contribution in [1.29, 1.82) is 0 Å². The van der Waals surface area contributed by atoms with Crippen molar-refractivity contribution in [2.75, 3.05) is 39.3 Å². The van der Waals surface area contributed by atoms with Gasteiger partial charge in [0.1, 0.15) is 0 Å². The van der Waals surface area contributed by atoms with E-state index in [0.29, 0.717) is 30.8 Å². The quantitative estimate of drug-likeness (QED) is 0.839. The van der Waals surface area contributed by atoms with Crippen molar-refractivity contribution >= 4 is 11.7 Å². The molecule has 1 fully saturated rings. The first-order valence-corrected chi connectivity index (χ1v) is 8.93. The Bertz CT molecular complexity index is 795. The molecule has 1 saturated heterocycles. The molecule has 1 aliphatic rings.